The topological polar surface area (TPSA) is 138 Å². The van der Waals surface area contributed by atoms with E-state index in [0.717, 1.165) is 13.1 Å². The summed E-state index contributed by atoms with van der Waals surface area (Å²) < 4.78 is 18.4. The van der Waals surface area contributed by atoms with E-state index < -0.39 is 60.2 Å². The van der Waals surface area contributed by atoms with Crippen LogP contribution in [-0.4, -0.2) is 120 Å². The molecule has 0 aliphatic carbocycles. The van der Waals surface area contributed by atoms with Gasteiger partial charge in [-0.05, 0) is 30.4 Å². The number of benzene rings is 2. The highest BCUT2D eigenvalue weighted by molar-refractivity contribution is 5.98. The molecule has 2 N–H and O–H groups in total. The van der Waals surface area contributed by atoms with Crippen LogP contribution in [0, 0.1) is 11.8 Å². The number of hydrogen-bond acceptors (Lipinski definition) is 9. The van der Waals surface area contributed by atoms with E-state index >= 15 is 0 Å². The Morgan fingerprint density at radius 2 is 1.73 bits per heavy atom. The molecular weight excluding hydrogens is 664 g/mol. The van der Waals surface area contributed by atoms with Crippen molar-refractivity contribution in [1.29, 1.82) is 0 Å². The van der Waals surface area contributed by atoms with Gasteiger partial charge in [0.25, 0.3) is 0 Å². The Labute approximate surface area is 305 Å². The smallest absolute Gasteiger partial charge is 0.313 e. The zero-order valence-corrected chi connectivity index (χ0v) is 29.6. The summed E-state index contributed by atoms with van der Waals surface area (Å²) in [4.78, 5) is 62.1. The Morgan fingerprint density at radius 1 is 1.04 bits per heavy atom. The van der Waals surface area contributed by atoms with Crippen LogP contribution in [0.3, 0.4) is 0 Å². The molecule has 2 bridgehead atoms. The van der Waals surface area contributed by atoms with Crippen molar-refractivity contribution in [2.45, 2.75) is 55.6 Å². The first-order valence-electron chi connectivity index (χ1n) is 18.3. The Hall–Kier alpha value is -4.36. The Morgan fingerprint density at radius 3 is 2.38 bits per heavy atom. The number of nitrogens with zero attached hydrogens (tertiary/aromatic N) is 3. The van der Waals surface area contributed by atoms with E-state index in [1.165, 1.54) is 4.90 Å². The van der Waals surface area contributed by atoms with Crippen LogP contribution in [0.2, 0.25) is 0 Å². The number of fused-ring (bicyclic) bond motifs is 1. The van der Waals surface area contributed by atoms with Crippen molar-refractivity contribution in [3.05, 3.63) is 97.1 Å². The molecule has 2 aromatic rings. The van der Waals surface area contributed by atoms with E-state index in [2.05, 4.69) is 23.4 Å². The number of esters is 1. The van der Waals surface area contributed by atoms with E-state index in [1.54, 1.807) is 17.1 Å². The van der Waals surface area contributed by atoms with Crippen LogP contribution in [0.4, 0.5) is 0 Å². The summed E-state index contributed by atoms with van der Waals surface area (Å²) in [6, 6.07) is 16.3. The van der Waals surface area contributed by atoms with Crippen LogP contribution in [-0.2, 0) is 33.4 Å². The zero-order valence-electron chi connectivity index (χ0n) is 29.6. The molecule has 0 aromatic heterocycles. The summed E-state index contributed by atoms with van der Waals surface area (Å²) in [7, 11) is 0. The summed E-state index contributed by atoms with van der Waals surface area (Å²) in [5.74, 6) is -3.54. The predicted octanol–water partition coefficient (Wildman–Crippen LogP) is 2.81. The minimum Gasteiger partial charge on any atom is -0.455 e. The van der Waals surface area contributed by atoms with Gasteiger partial charge >= 0.3 is 5.97 Å². The predicted molar refractivity (Wildman–Crippen MR) is 192 cm³/mol. The van der Waals surface area contributed by atoms with E-state index in [0.29, 0.717) is 56.7 Å². The van der Waals surface area contributed by atoms with Gasteiger partial charge in [-0.1, -0.05) is 72.8 Å². The van der Waals surface area contributed by atoms with Crippen LogP contribution >= 0.6 is 0 Å². The maximum absolute atomic E-state index is 14.9. The molecule has 12 nitrogen and oxygen atoms in total. The van der Waals surface area contributed by atoms with Crippen molar-refractivity contribution in [1.82, 2.24) is 20.0 Å². The molecule has 4 aliphatic heterocycles. The maximum atomic E-state index is 14.9. The third-order valence-corrected chi connectivity index (χ3v) is 10.9. The summed E-state index contributed by atoms with van der Waals surface area (Å²) >= 11 is 0. The van der Waals surface area contributed by atoms with Crippen molar-refractivity contribution < 1.29 is 38.5 Å². The highest BCUT2D eigenvalue weighted by Crippen LogP contribution is 2.60. The first kappa shape index (κ1) is 37.4. The van der Waals surface area contributed by atoms with Crippen molar-refractivity contribution in [3.8, 4) is 0 Å². The Bertz CT molecular complexity index is 1580. The standard InChI is InChI=1S/C40H50N4O8/c1-3-5-16-33(46)41-26-32(29-14-10-7-11-15-29)51-39(49)34-31-17-18-40(52-31)35(34)37(47)44(30(27-45)28-12-8-6-9-13-28)36(40)38(48)43(19-4-2)21-20-42-22-24-50-25-23-42/h3-4,6-15,30-32,34-36,45H,1-2,5,16-27H2,(H,41,46)/t30-,31+,32-,34-,35-,36+,40-/m1/s1. The molecule has 52 heavy (non-hydrogen) atoms. The minimum atomic E-state index is -1.30. The van der Waals surface area contributed by atoms with Crippen LogP contribution in [0.25, 0.3) is 0 Å². The van der Waals surface area contributed by atoms with Crippen LogP contribution in [0.15, 0.2) is 86.0 Å². The quantitative estimate of drug-likeness (QED) is 0.187. The normalized spacial score (nSPS) is 26.3. The fraction of sp³-hybridized carbons (Fsp3) is 0.500. The molecule has 4 aliphatic rings. The molecule has 0 radical (unpaired) electrons. The molecule has 0 saturated carbocycles. The average molecular weight is 715 g/mol. The molecule has 12 heteroatoms. The Balaban J connectivity index is 1.32. The third kappa shape index (κ3) is 7.57. The molecule has 4 saturated heterocycles. The SMILES string of the molecule is C=CCCC(=O)NC[C@@H](OC(=O)[C@@H]1[C@@H]2CC[C@]3(O2)[C@H](C(=O)N(CC=C)CCN2CCOCC2)N([C@H](CO)c2ccccc2)C(=O)[C@@H]13)c1ccccc1. The summed E-state index contributed by atoms with van der Waals surface area (Å²) in [6.07, 6.45) is 3.50. The molecule has 2 aromatic carbocycles. The van der Waals surface area contributed by atoms with Crippen molar-refractivity contribution in [2.24, 2.45) is 11.8 Å². The molecule has 7 atom stereocenters. The van der Waals surface area contributed by atoms with Gasteiger partial charge in [-0.2, -0.15) is 0 Å². The summed E-state index contributed by atoms with van der Waals surface area (Å²) in [6.45, 7) is 11.2. The number of morpholine rings is 1. The molecule has 0 unspecified atom stereocenters. The van der Waals surface area contributed by atoms with Crippen molar-refractivity contribution >= 4 is 23.7 Å². The van der Waals surface area contributed by atoms with E-state index in [1.807, 2.05) is 60.7 Å². The van der Waals surface area contributed by atoms with Gasteiger partial charge in [0.15, 0.2) is 0 Å². The van der Waals surface area contributed by atoms with Gasteiger partial charge in [0, 0.05) is 39.1 Å². The average Bonchev–Trinajstić information content (AvgIpc) is 3.83. The second kappa shape index (κ2) is 17.0. The third-order valence-electron chi connectivity index (χ3n) is 10.9. The fourth-order valence-corrected chi connectivity index (χ4v) is 8.35. The lowest BCUT2D eigenvalue weighted by Gasteiger charge is -2.40. The molecule has 3 amide bonds. The van der Waals surface area contributed by atoms with E-state index in [4.69, 9.17) is 14.2 Å². The number of allylic oxidation sites excluding steroid dienone is 1. The number of carbonyl (C=O) groups excluding carboxylic acids is 4. The van der Waals surface area contributed by atoms with Gasteiger partial charge in [-0.25, -0.2) is 0 Å². The molecule has 278 valence electrons. The van der Waals surface area contributed by atoms with E-state index in [-0.39, 0.29) is 31.3 Å². The number of nitrogens with one attached hydrogen (secondary N) is 1. The lowest BCUT2D eigenvalue weighted by molar-refractivity contribution is -0.161. The fourth-order valence-electron chi connectivity index (χ4n) is 8.35. The van der Waals surface area contributed by atoms with E-state index in [9.17, 15) is 24.3 Å². The second-order valence-electron chi connectivity index (χ2n) is 13.9. The number of aliphatic hydroxyl groups excluding tert-OH is 1. The van der Waals surface area contributed by atoms with Gasteiger partial charge in [0.05, 0.1) is 50.3 Å². The molecular formula is C40H50N4O8. The number of aliphatic hydroxyl groups is 1. The van der Waals surface area contributed by atoms with Gasteiger partial charge in [-0.3, -0.25) is 24.1 Å². The van der Waals surface area contributed by atoms with Gasteiger partial charge < -0.3 is 34.4 Å². The highest BCUT2D eigenvalue weighted by atomic mass is 16.6. The molecule has 6 rings (SSSR count). The molecule has 1 spiro atoms. The first-order valence-corrected chi connectivity index (χ1v) is 18.3. The van der Waals surface area contributed by atoms with Gasteiger partial charge in [0.2, 0.25) is 17.7 Å². The van der Waals surface area contributed by atoms with Crippen molar-refractivity contribution in [3.63, 3.8) is 0 Å². The second-order valence-corrected chi connectivity index (χ2v) is 13.9. The number of amides is 3. The van der Waals surface area contributed by atoms with Crippen LogP contribution < -0.4 is 5.32 Å². The summed E-state index contributed by atoms with van der Waals surface area (Å²) in [5.41, 5.74) is 0.0570. The lowest BCUT2D eigenvalue weighted by atomic mass is 9.70. The molecule has 4 fully saturated rings. The molecule has 4 heterocycles. The number of likely N-dealkylation sites (tertiary alicyclic amines) is 1. The van der Waals surface area contributed by atoms with Crippen LogP contribution in [0.1, 0.15) is 49.0 Å². The largest absolute Gasteiger partial charge is 0.455 e. The number of rotatable bonds is 17. The number of hydrogen-bond donors (Lipinski definition) is 2. The van der Waals surface area contributed by atoms with Crippen LogP contribution in [0.5, 0.6) is 0 Å². The van der Waals surface area contributed by atoms with Crippen molar-refractivity contribution in [2.75, 3.05) is 59.1 Å². The highest BCUT2D eigenvalue weighted by Gasteiger charge is 2.75. The first-order chi connectivity index (χ1) is 25.3. The summed E-state index contributed by atoms with van der Waals surface area (Å²) in [5, 5.41) is 13.7. The number of carbonyl (C=O) groups is 4. The number of ether oxygens (including phenoxy) is 3. The Kier molecular flexibility index (Phi) is 12.2. The minimum absolute atomic E-state index is 0.0429. The maximum Gasteiger partial charge on any atom is 0.313 e. The lowest BCUT2D eigenvalue weighted by Crippen LogP contribution is -2.58. The van der Waals surface area contributed by atoms with Gasteiger partial charge in [-0.15, -0.1) is 13.2 Å². The van der Waals surface area contributed by atoms with Gasteiger partial charge in [0.1, 0.15) is 17.7 Å². The zero-order chi connectivity index (χ0) is 36.7. The monoisotopic (exact) mass is 714 g/mol.